The monoisotopic (exact) mass is 254 g/mol. The number of carbonyl (C=O) groups is 1. The number of ether oxygens (including phenoxy) is 2. The van der Waals surface area contributed by atoms with Gasteiger partial charge >= 0.3 is 5.97 Å². The van der Waals surface area contributed by atoms with E-state index in [1.54, 1.807) is 13.0 Å². The molecule has 0 N–H and O–H groups in total. The first-order chi connectivity index (χ1) is 4.57. The predicted molar refractivity (Wildman–Crippen MR) is 43.6 cm³/mol. The van der Waals surface area contributed by atoms with Crippen molar-refractivity contribution in [2.45, 2.75) is 12.7 Å². The van der Waals surface area contributed by atoms with Gasteiger partial charge in [0.05, 0.1) is 0 Å². The minimum Gasteiger partial charge on any atom is -0.426 e. The number of cyclic esters (lactones) is 1. The highest BCUT2D eigenvalue weighted by Gasteiger charge is 2.34. The molecule has 3 nitrogen and oxygen atoms in total. The van der Waals surface area contributed by atoms with Crippen LogP contribution in [0.3, 0.4) is 0 Å². The summed E-state index contributed by atoms with van der Waals surface area (Å²) in [5.41, 5.74) is 0. The van der Waals surface area contributed by atoms with Crippen molar-refractivity contribution in [1.29, 1.82) is 0 Å². The van der Waals surface area contributed by atoms with Crippen LogP contribution < -0.4 is 0 Å². The van der Waals surface area contributed by atoms with E-state index in [0.717, 1.165) is 0 Å². The Hall–Kier alpha value is -0.100. The highest BCUT2D eigenvalue weighted by Crippen LogP contribution is 2.28. The summed E-state index contributed by atoms with van der Waals surface area (Å²) >= 11 is 1.91. The summed E-state index contributed by atoms with van der Waals surface area (Å²) in [5, 5.41) is 0. The first-order valence-corrected chi connectivity index (χ1v) is 3.82. The fraction of sp³-hybridized carbons (Fsp3) is 0.500. The molecule has 56 valence electrons. The third-order valence-electron chi connectivity index (χ3n) is 1.28. The van der Waals surface area contributed by atoms with Crippen molar-refractivity contribution in [2.75, 3.05) is 7.11 Å². The van der Waals surface area contributed by atoms with E-state index in [2.05, 4.69) is 0 Å². The normalized spacial score (nSPS) is 31.9. The van der Waals surface area contributed by atoms with Gasteiger partial charge in [-0.25, -0.2) is 4.79 Å². The maximum atomic E-state index is 10.8. The van der Waals surface area contributed by atoms with Gasteiger partial charge in [-0.1, -0.05) is 0 Å². The zero-order valence-electron chi connectivity index (χ0n) is 5.68. The standard InChI is InChI=1S/C6H7IO3/c1-6(9-2)3-4(7)5(8)10-6/h3H,1-2H3. The van der Waals surface area contributed by atoms with E-state index in [1.807, 2.05) is 22.6 Å². The Labute approximate surface area is 72.5 Å². The average molecular weight is 254 g/mol. The number of hydrogen-bond acceptors (Lipinski definition) is 3. The second-order valence-electron chi connectivity index (χ2n) is 2.10. The molecule has 4 heteroatoms. The lowest BCUT2D eigenvalue weighted by Gasteiger charge is -2.17. The summed E-state index contributed by atoms with van der Waals surface area (Å²) in [4.78, 5) is 10.8. The number of methoxy groups -OCH3 is 1. The van der Waals surface area contributed by atoms with Crippen LogP contribution in [0, 0.1) is 0 Å². The molecule has 0 amide bonds. The van der Waals surface area contributed by atoms with E-state index in [4.69, 9.17) is 9.47 Å². The van der Waals surface area contributed by atoms with Crippen molar-refractivity contribution < 1.29 is 14.3 Å². The molecule has 1 rings (SSSR count). The van der Waals surface area contributed by atoms with Gasteiger partial charge in [0.2, 0.25) is 5.79 Å². The van der Waals surface area contributed by atoms with Gasteiger partial charge < -0.3 is 9.47 Å². The summed E-state index contributed by atoms with van der Waals surface area (Å²) in [6.07, 6.45) is 1.65. The van der Waals surface area contributed by atoms with Crippen molar-refractivity contribution in [3.63, 3.8) is 0 Å². The SMILES string of the molecule is COC1(C)C=C(I)C(=O)O1. The molecule has 1 heterocycles. The highest BCUT2D eigenvalue weighted by molar-refractivity contribution is 14.1. The van der Waals surface area contributed by atoms with Crippen LogP contribution in [-0.2, 0) is 14.3 Å². The van der Waals surface area contributed by atoms with Crippen LogP contribution >= 0.6 is 22.6 Å². The van der Waals surface area contributed by atoms with Crippen LogP contribution in [-0.4, -0.2) is 18.9 Å². The molecular weight excluding hydrogens is 247 g/mol. The summed E-state index contributed by atoms with van der Waals surface area (Å²) in [6, 6.07) is 0. The lowest BCUT2D eigenvalue weighted by Crippen LogP contribution is -2.25. The molecule has 0 radical (unpaired) electrons. The van der Waals surface area contributed by atoms with Gasteiger partial charge in [-0.15, -0.1) is 0 Å². The smallest absolute Gasteiger partial charge is 0.347 e. The van der Waals surface area contributed by atoms with Gasteiger partial charge in [0.15, 0.2) is 0 Å². The van der Waals surface area contributed by atoms with Crippen LogP contribution in [0.4, 0.5) is 0 Å². The van der Waals surface area contributed by atoms with Crippen LogP contribution in [0.5, 0.6) is 0 Å². The largest absolute Gasteiger partial charge is 0.426 e. The van der Waals surface area contributed by atoms with Crippen LogP contribution in [0.2, 0.25) is 0 Å². The zero-order valence-corrected chi connectivity index (χ0v) is 7.84. The average Bonchev–Trinajstić information content (AvgIpc) is 2.10. The number of halogens is 1. The van der Waals surface area contributed by atoms with Crippen molar-refractivity contribution >= 4 is 28.6 Å². The molecule has 0 aliphatic carbocycles. The van der Waals surface area contributed by atoms with Gasteiger partial charge in [0, 0.05) is 20.1 Å². The summed E-state index contributed by atoms with van der Waals surface area (Å²) in [5.74, 6) is -1.15. The molecule has 10 heavy (non-hydrogen) atoms. The molecule has 1 aliphatic heterocycles. The van der Waals surface area contributed by atoms with Crippen molar-refractivity contribution in [1.82, 2.24) is 0 Å². The highest BCUT2D eigenvalue weighted by atomic mass is 127. The Morgan fingerprint density at radius 2 is 2.40 bits per heavy atom. The minimum atomic E-state index is -0.840. The number of rotatable bonds is 1. The van der Waals surface area contributed by atoms with Crippen LogP contribution in [0.15, 0.2) is 9.66 Å². The summed E-state index contributed by atoms with van der Waals surface area (Å²) in [6.45, 7) is 1.69. The second kappa shape index (κ2) is 2.50. The number of carbonyl (C=O) groups excluding carboxylic acids is 1. The van der Waals surface area contributed by atoms with E-state index in [0.29, 0.717) is 3.58 Å². The van der Waals surface area contributed by atoms with Crippen molar-refractivity contribution in [3.05, 3.63) is 9.66 Å². The van der Waals surface area contributed by atoms with Crippen molar-refractivity contribution in [3.8, 4) is 0 Å². The van der Waals surface area contributed by atoms with Gasteiger partial charge in [0.1, 0.15) is 3.58 Å². The quantitative estimate of drug-likeness (QED) is 0.521. The Morgan fingerprint density at radius 3 is 2.60 bits per heavy atom. The number of hydrogen-bond donors (Lipinski definition) is 0. The number of esters is 1. The maximum absolute atomic E-state index is 10.8. The summed E-state index contributed by atoms with van der Waals surface area (Å²) < 4.78 is 10.3. The molecule has 0 fully saturated rings. The van der Waals surface area contributed by atoms with E-state index in [1.165, 1.54) is 7.11 Å². The molecule has 0 aromatic heterocycles. The van der Waals surface area contributed by atoms with Gasteiger partial charge in [-0.05, 0) is 22.6 Å². The Bertz CT molecular complexity index is 199. The lowest BCUT2D eigenvalue weighted by molar-refractivity contribution is -0.181. The van der Waals surface area contributed by atoms with E-state index in [9.17, 15) is 4.79 Å². The fourth-order valence-electron chi connectivity index (χ4n) is 0.652. The second-order valence-corrected chi connectivity index (χ2v) is 3.26. The Balaban J connectivity index is 2.82. The molecule has 1 unspecified atom stereocenters. The fourth-order valence-corrected chi connectivity index (χ4v) is 1.33. The van der Waals surface area contributed by atoms with E-state index >= 15 is 0 Å². The van der Waals surface area contributed by atoms with Gasteiger partial charge in [-0.3, -0.25) is 0 Å². The molecule has 0 bridgehead atoms. The molecule has 1 aliphatic rings. The van der Waals surface area contributed by atoms with Crippen LogP contribution in [0.25, 0.3) is 0 Å². The third-order valence-corrected chi connectivity index (χ3v) is 2.04. The van der Waals surface area contributed by atoms with Crippen molar-refractivity contribution in [2.24, 2.45) is 0 Å². The lowest BCUT2D eigenvalue weighted by atomic mass is 10.3. The third kappa shape index (κ3) is 1.32. The van der Waals surface area contributed by atoms with Gasteiger partial charge in [-0.2, -0.15) is 0 Å². The van der Waals surface area contributed by atoms with E-state index in [-0.39, 0.29) is 5.97 Å². The Kier molecular flexibility index (Phi) is 2.00. The predicted octanol–water partition coefficient (Wildman–Crippen LogP) is 1.22. The molecule has 1 atom stereocenters. The Morgan fingerprint density at radius 1 is 1.80 bits per heavy atom. The molecule has 0 spiro atoms. The zero-order chi connectivity index (χ0) is 7.78. The first-order valence-electron chi connectivity index (χ1n) is 2.74. The molecule has 0 aromatic rings. The topological polar surface area (TPSA) is 35.5 Å². The maximum Gasteiger partial charge on any atom is 0.347 e. The van der Waals surface area contributed by atoms with Gasteiger partial charge in [0.25, 0.3) is 0 Å². The van der Waals surface area contributed by atoms with E-state index < -0.39 is 5.79 Å². The summed E-state index contributed by atoms with van der Waals surface area (Å²) in [7, 11) is 1.50. The molecule has 0 aromatic carbocycles. The molecule has 0 saturated carbocycles. The minimum absolute atomic E-state index is 0.315. The molecule has 0 saturated heterocycles. The van der Waals surface area contributed by atoms with Crippen LogP contribution in [0.1, 0.15) is 6.92 Å². The first kappa shape index (κ1) is 8.00. The molecular formula is C6H7IO3.